The Morgan fingerprint density at radius 1 is 1.29 bits per heavy atom. The van der Waals surface area contributed by atoms with Crippen molar-refractivity contribution >= 4 is 0 Å². The number of ether oxygens (including phenoxy) is 1. The van der Waals surface area contributed by atoms with E-state index in [1.54, 1.807) is 7.11 Å². The largest absolute Gasteiger partial charge is 0.383 e. The summed E-state index contributed by atoms with van der Waals surface area (Å²) in [5, 5.41) is 3.39. The first-order valence-electron chi connectivity index (χ1n) is 6.57. The minimum Gasteiger partial charge on any atom is -0.383 e. The van der Waals surface area contributed by atoms with Crippen LogP contribution >= 0.6 is 0 Å². The van der Waals surface area contributed by atoms with Crippen LogP contribution in [0.1, 0.15) is 30.1 Å². The molecule has 0 saturated carbocycles. The van der Waals surface area contributed by atoms with Gasteiger partial charge in [-0.15, -0.1) is 0 Å². The van der Waals surface area contributed by atoms with Gasteiger partial charge in [0.15, 0.2) is 0 Å². The van der Waals surface area contributed by atoms with Crippen molar-refractivity contribution in [1.29, 1.82) is 0 Å². The van der Waals surface area contributed by atoms with Crippen molar-refractivity contribution in [1.82, 2.24) is 14.9 Å². The molecule has 1 aliphatic carbocycles. The molecule has 17 heavy (non-hydrogen) atoms. The summed E-state index contributed by atoms with van der Waals surface area (Å²) in [6.07, 6.45) is 4.99. The molecule has 0 spiro atoms. The van der Waals surface area contributed by atoms with Crippen molar-refractivity contribution in [3.63, 3.8) is 0 Å². The molecular formula is C13H23N3O. The highest BCUT2D eigenvalue weighted by Gasteiger charge is 2.17. The second-order valence-electron chi connectivity index (χ2n) is 4.65. The number of hydrogen-bond acceptors (Lipinski definition) is 3. The van der Waals surface area contributed by atoms with Crippen LogP contribution in [-0.4, -0.2) is 36.4 Å². The lowest BCUT2D eigenvalue weighted by Gasteiger charge is -2.15. The lowest BCUT2D eigenvalue weighted by molar-refractivity contribution is 0.199. The van der Waals surface area contributed by atoms with Crippen LogP contribution in [-0.2, 0) is 24.1 Å². The van der Waals surface area contributed by atoms with Gasteiger partial charge in [0, 0.05) is 32.4 Å². The SMILES string of the molecule is COCCNCCn1c(C)nc2c1CCCC2. The maximum absolute atomic E-state index is 5.01. The third-order valence-corrected chi connectivity index (χ3v) is 3.42. The molecule has 0 aliphatic heterocycles. The number of fused-ring (bicyclic) bond motifs is 1. The molecular weight excluding hydrogens is 214 g/mol. The van der Waals surface area contributed by atoms with E-state index >= 15 is 0 Å². The Balaban J connectivity index is 1.89. The minimum atomic E-state index is 0.779. The van der Waals surface area contributed by atoms with Crippen LogP contribution in [0.5, 0.6) is 0 Å². The summed E-state index contributed by atoms with van der Waals surface area (Å²) in [6.45, 7) is 5.84. The zero-order chi connectivity index (χ0) is 12.1. The third kappa shape index (κ3) is 3.07. The second kappa shape index (κ2) is 6.17. The fraction of sp³-hybridized carbons (Fsp3) is 0.769. The Bertz CT molecular complexity index is 360. The van der Waals surface area contributed by atoms with E-state index in [4.69, 9.17) is 4.74 Å². The van der Waals surface area contributed by atoms with E-state index in [1.165, 1.54) is 42.9 Å². The van der Waals surface area contributed by atoms with E-state index in [2.05, 4.69) is 21.8 Å². The molecule has 1 N–H and O–H groups in total. The average molecular weight is 237 g/mol. The number of hydrogen-bond donors (Lipinski definition) is 1. The predicted molar refractivity (Wildman–Crippen MR) is 68.4 cm³/mol. The molecule has 0 bridgehead atoms. The number of nitrogens with one attached hydrogen (secondary N) is 1. The van der Waals surface area contributed by atoms with Gasteiger partial charge >= 0.3 is 0 Å². The highest BCUT2D eigenvalue weighted by molar-refractivity contribution is 5.19. The Hall–Kier alpha value is -0.870. The number of aromatic nitrogens is 2. The van der Waals surface area contributed by atoms with Gasteiger partial charge in [0.05, 0.1) is 12.3 Å². The van der Waals surface area contributed by atoms with Crippen molar-refractivity contribution < 1.29 is 4.74 Å². The second-order valence-corrected chi connectivity index (χ2v) is 4.65. The molecule has 2 rings (SSSR count). The van der Waals surface area contributed by atoms with Crippen molar-refractivity contribution in [2.75, 3.05) is 26.8 Å². The fourth-order valence-corrected chi connectivity index (χ4v) is 2.52. The topological polar surface area (TPSA) is 39.1 Å². The zero-order valence-electron chi connectivity index (χ0n) is 11.0. The predicted octanol–water partition coefficient (Wildman–Crippen LogP) is 1.31. The Kier molecular flexibility index (Phi) is 4.57. The van der Waals surface area contributed by atoms with Crippen LogP contribution in [0.25, 0.3) is 0 Å². The lowest BCUT2D eigenvalue weighted by Crippen LogP contribution is -2.25. The van der Waals surface area contributed by atoms with Crippen molar-refractivity contribution in [3.05, 3.63) is 17.2 Å². The highest BCUT2D eigenvalue weighted by atomic mass is 16.5. The molecule has 0 fully saturated rings. The summed E-state index contributed by atoms with van der Waals surface area (Å²) < 4.78 is 7.39. The summed E-state index contributed by atoms with van der Waals surface area (Å²) in [6, 6.07) is 0. The molecule has 4 nitrogen and oxygen atoms in total. The van der Waals surface area contributed by atoms with E-state index in [9.17, 15) is 0 Å². The molecule has 0 unspecified atom stereocenters. The first kappa shape index (κ1) is 12.6. The lowest BCUT2D eigenvalue weighted by atomic mass is 10.0. The molecule has 0 aromatic carbocycles. The number of nitrogens with zero attached hydrogens (tertiary/aromatic N) is 2. The normalized spacial score (nSPS) is 14.9. The van der Waals surface area contributed by atoms with Gasteiger partial charge in [-0.1, -0.05) is 0 Å². The summed E-state index contributed by atoms with van der Waals surface area (Å²) >= 11 is 0. The van der Waals surface area contributed by atoms with Crippen LogP contribution in [0.3, 0.4) is 0 Å². The molecule has 0 atom stereocenters. The van der Waals surface area contributed by atoms with Gasteiger partial charge in [-0.3, -0.25) is 0 Å². The molecule has 1 aromatic heterocycles. The summed E-state index contributed by atoms with van der Waals surface area (Å²) in [5.74, 6) is 1.17. The summed E-state index contributed by atoms with van der Waals surface area (Å²) in [5.41, 5.74) is 2.81. The number of imidazole rings is 1. The Morgan fingerprint density at radius 2 is 2.12 bits per heavy atom. The van der Waals surface area contributed by atoms with Crippen molar-refractivity contribution in [3.8, 4) is 0 Å². The van der Waals surface area contributed by atoms with E-state index in [1.807, 2.05) is 0 Å². The standard InChI is InChI=1S/C13H23N3O/c1-11-15-12-5-3-4-6-13(12)16(11)9-7-14-8-10-17-2/h14H,3-10H2,1-2H3. The smallest absolute Gasteiger partial charge is 0.106 e. The van der Waals surface area contributed by atoms with Gasteiger partial charge in [-0.05, 0) is 32.6 Å². The van der Waals surface area contributed by atoms with Gasteiger partial charge in [-0.25, -0.2) is 4.98 Å². The van der Waals surface area contributed by atoms with Gasteiger partial charge in [0.1, 0.15) is 5.82 Å². The highest BCUT2D eigenvalue weighted by Crippen LogP contribution is 2.21. The van der Waals surface area contributed by atoms with E-state index in [0.29, 0.717) is 0 Å². The van der Waals surface area contributed by atoms with Crippen molar-refractivity contribution in [2.24, 2.45) is 0 Å². The quantitative estimate of drug-likeness (QED) is 0.758. The van der Waals surface area contributed by atoms with Crippen LogP contribution in [0.15, 0.2) is 0 Å². The average Bonchev–Trinajstić information content (AvgIpc) is 2.65. The first-order valence-corrected chi connectivity index (χ1v) is 6.57. The summed E-state index contributed by atoms with van der Waals surface area (Å²) in [7, 11) is 1.73. The molecule has 0 radical (unpaired) electrons. The molecule has 0 saturated heterocycles. The molecule has 0 amide bonds. The number of methoxy groups -OCH3 is 1. The van der Waals surface area contributed by atoms with Crippen molar-refractivity contribution in [2.45, 2.75) is 39.2 Å². The maximum Gasteiger partial charge on any atom is 0.106 e. The molecule has 96 valence electrons. The van der Waals surface area contributed by atoms with E-state index < -0.39 is 0 Å². The molecule has 4 heteroatoms. The Labute approximate surface area is 103 Å². The van der Waals surface area contributed by atoms with Crippen LogP contribution in [0.2, 0.25) is 0 Å². The van der Waals surface area contributed by atoms with Gasteiger partial charge in [0.25, 0.3) is 0 Å². The molecule has 1 heterocycles. The summed E-state index contributed by atoms with van der Waals surface area (Å²) in [4.78, 5) is 4.68. The maximum atomic E-state index is 5.01. The number of rotatable bonds is 6. The van der Waals surface area contributed by atoms with Gasteiger partial charge in [0.2, 0.25) is 0 Å². The number of aryl methyl sites for hydroxylation is 2. The van der Waals surface area contributed by atoms with Crippen LogP contribution in [0, 0.1) is 6.92 Å². The molecule has 1 aromatic rings. The van der Waals surface area contributed by atoms with Gasteiger partial charge in [-0.2, -0.15) is 0 Å². The molecule has 1 aliphatic rings. The Morgan fingerprint density at radius 3 is 2.94 bits per heavy atom. The first-order chi connectivity index (χ1) is 8.33. The fourth-order valence-electron chi connectivity index (χ4n) is 2.52. The van der Waals surface area contributed by atoms with E-state index in [0.717, 1.165) is 26.2 Å². The van der Waals surface area contributed by atoms with E-state index in [-0.39, 0.29) is 0 Å². The van der Waals surface area contributed by atoms with Crippen LogP contribution < -0.4 is 5.32 Å². The monoisotopic (exact) mass is 237 g/mol. The van der Waals surface area contributed by atoms with Gasteiger partial charge < -0.3 is 14.6 Å². The van der Waals surface area contributed by atoms with Crippen LogP contribution in [0.4, 0.5) is 0 Å². The zero-order valence-corrected chi connectivity index (χ0v) is 11.0. The minimum absolute atomic E-state index is 0.779. The third-order valence-electron chi connectivity index (χ3n) is 3.42.